The molecule has 2 heterocycles. The Morgan fingerprint density at radius 1 is 1.16 bits per heavy atom. The fourth-order valence-electron chi connectivity index (χ4n) is 4.18. The van der Waals surface area contributed by atoms with E-state index >= 15 is 0 Å². The monoisotopic (exact) mass is 422 g/mol. The predicted molar refractivity (Wildman–Crippen MR) is 116 cm³/mol. The quantitative estimate of drug-likeness (QED) is 0.580. The van der Waals surface area contributed by atoms with E-state index in [0.29, 0.717) is 19.3 Å². The van der Waals surface area contributed by atoms with Crippen molar-refractivity contribution in [3.05, 3.63) is 71.7 Å². The summed E-state index contributed by atoms with van der Waals surface area (Å²) in [7, 11) is 0. The minimum atomic E-state index is -0.653. The molecule has 1 fully saturated rings. The Morgan fingerprint density at radius 3 is 2.52 bits per heavy atom. The number of para-hydroxylation sites is 1. The Balaban J connectivity index is 1.77. The van der Waals surface area contributed by atoms with Crippen molar-refractivity contribution in [3.63, 3.8) is 0 Å². The van der Waals surface area contributed by atoms with Crippen LogP contribution < -0.4 is 0 Å². The lowest BCUT2D eigenvalue weighted by Gasteiger charge is -2.26. The van der Waals surface area contributed by atoms with Crippen LogP contribution in [0.15, 0.2) is 54.6 Å². The molecule has 4 rings (SSSR count). The van der Waals surface area contributed by atoms with Gasteiger partial charge in [0, 0.05) is 17.5 Å². The summed E-state index contributed by atoms with van der Waals surface area (Å²) in [5.41, 5.74) is 4.74. The number of ether oxygens (including phenoxy) is 1. The Kier molecular flexibility index (Phi) is 6.18. The summed E-state index contributed by atoms with van der Waals surface area (Å²) in [6, 6.07) is 16.3. The Hall–Kier alpha value is -2.99. The van der Waals surface area contributed by atoms with Crippen LogP contribution in [-0.2, 0) is 16.0 Å². The second-order valence-electron chi connectivity index (χ2n) is 8.37. The van der Waals surface area contributed by atoms with E-state index in [9.17, 15) is 14.3 Å². The first-order valence-corrected chi connectivity index (χ1v) is 10.7. The minimum Gasteiger partial charge on any atom is -0.462 e. The average Bonchev–Trinajstić information content (AvgIpc) is 3.12. The standard InChI is InChI=1S/C25H27FN2O3/c1-16(2)24-22(13-12-21-14-20(29)15-23(30)31-21)25(17-8-10-18(26)11-9-17)28(27-24)19-6-4-3-5-7-19/h3-11,16,20-21,29H,12-15H2,1-2H3/t20-,21+/m0/s1. The van der Waals surface area contributed by atoms with Gasteiger partial charge < -0.3 is 9.84 Å². The molecule has 1 aliphatic rings. The number of esters is 1. The van der Waals surface area contributed by atoms with E-state index in [1.54, 1.807) is 12.1 Å². The van der Waals surface area contributed by atoms with Gasteiger partial charge >= 0.3 is 5.97 Å². The summed E-state index contributed by atoms with van der Waals surface area (Å²) in [5, 5.41) is 14.9. The molecule has 3 aromatic rings. The predicted octanol–water partition coefficient (Wildman–Crippen LogP) is 4.80. The van der Waals surface area contributed by atoms with Crippen molar-refractivity contribution in [2.24, 2.45) is 0 Å². The Bertz CT molecular complexity index is 1040. The molecule has 1 aliphatic heterocycles. The van der Waals surface area contributed by atoms with Gasteiger partial charge in [0.15, 0.2) is 0 Å². The van der Waals surface area contributed by atoms with E-state index in [2.05, 4.69) is 13.8 Å². The highest BCUT2D eigenvalue weighted by Crippen LogP contribution is 2.34. The molecule has 2 atom stereocenters. The second kappa shape index (κ2) is 9.02. The number of aliphatic hydroxyl groups is 1. The first-order chi connectivity index (χ1) is 14.9. The number of aliphatic hydroxyl groups excluding tert-OH is 1. The molecule has 0 amide bonds. The summed E-state index contributed by atoms with van der Waals surface area (Å²) in [6.07, 6.45) is 0.758. The molecule has 1 N–H and O–H groups in total. The number of nitrogens with zero attached hydrogens (tertiary/aromatic N) is 2. The molecule has 162 valence electrons. The summed E-state index contributed by atoms with van der Waals surface area (Å²) < 4.78 is 21.0. The number of aromatic nitrogens is 2. The average molecular weight is 423 g/mol. The van der Waals surface area contributed by atoms with Crippen LogP contribution in [0.3, 0.4) is 0 Å². The molecule has 0 aliphatic carbocycles. The van der Waals surface area contributed by atoms with Gasteiger partial charge in [0.1, 0.15) is 11.9 Å². The molecule has 0 bridgehead atoms. The van der Waals surface area contributed by atoms with E-state index in [4.69, 9.17) is 9.84 Å². The number of hydrogen-bond acceptors (Lipinski definition) is 4. The van der Waals surface area contributed by atoms with E-state index < -0.39 is 6.10 Å². The van der Waals surface area contributed by atoms with Gasteiger partial charge in [-0.05, 0) is 55.2 Å². The number of rotatable bonds is 6. The molecule has 31 heavy (non-hydrogen) atoms. The van der Waals surface area contributed by atoms with Crippen LogP contribution in [0.1, 0.15) is 50.3 Å². The third-order valence-electron chi connectivity index (χ3n) is 5.63. The topological polar surface area (TPSA) is 64.3 Å². The molecule has 6 heteroatoms. The molecule has 2 aromatic carbocycles. The molecule has 1 saturated heterocycles. The summed E-state index contributed by atoms with van der Waals surface area (Å²) in [4.78, 5) is 11.7. The van der Waals surface area contributed by atoms with Crippen molar-refractivity contribution in [1.82, 2.24) is 9.78 Å². The lowest BCUT2D eigenvalue weighted by molar-refractivity contribution is -0.160. The minimum absolute atomic E-state index is 0.0561. The number of carbonyl (C=O) groups excluding carboxylic acids is 1. The van der Waals surface area contributed by atoms with Crippen LogP contribution in [-0.4, -0.2) is 33.1 Å². The first kappa shape index (κ1) is 21.2. The van der Waals surface area contributed by atoms with Crippen molar-refractivity contribution in [2.45, 2.75) is 57.7 Å². The third kappa shape index (κ3) is 4.69. The maximum absolute atomic E-state index is 13.6. The van der Waals surface area contributed by atoms with Gasteiger partial charge in [0.2, 0.25) is 0 Å². The van der Waals surface area contributed by atoms with Gasteiger partial charge in [-0.1, -0.05) is 32.0 Å². The van der Waals surface area contributed by atoms with E-state index in [1.165, 1.54) is 12.1 Å². The van der Waals surface area contributed by atoms with Gasteiger partial charge in [0.05, 0.1) is 29.6 Å². The largest absolute Gasteiger partial charge is 0.462 e. The van der Waals surface area contributed by atoms with Crippen LogP contribution in [0.5, 0.6) is 0 Å². The number of benzene rings is 2. The van der Waals surface area contributed by atoms with E-state index in [-0.39, 0.29) is 30.2 Å². The van der Waals surface area contributed by atoms with E-state index in [1.807, 2.05) is 35.0 Å². The molecule has 0 saturated carbocycles. The number of hydrogen-bond donors (Lipinski definition) is 1. The van der Waals surface area contributed by atoms with Gasteiger partial charge in [-0.25, -0.2) is 9.07 Å². The Morgan fingerprint density at radius 2 is 1.87 bits per heavy atom. The van der Waals surface area contributed by atoms with Crippen LogP contribution in [0.25, 0.3) is 16.9 Å². The zero-order valence-corrected chi connectivity index (χ0v) is 17.8. The highest BCUT2D eigenvalue weighted by molar-refractivity contribution is 5.71. The normalized spacial score (nSPS) is 18.9. The molecule has 0 spiro atoms. The number of carbonyl (C=O) groups is 1. The molecule has 0 unspecified atom stereocenters. The summed E-state index contributed by atoms with van der Waals surface area (Å²) in [6.45, 7) is 4.19. The maximum atomic E-state index is 13.6. The maximum Gasteiger partial charge on any atom is 0.308 e. The lowest BCUT2D eigenvalue weighted by Crippen LogP contribution is -2.32. The highest BCUT2D eigenvalue weighted by atomic mass is 19.1. The van der Waals surface area contributed by atoms with E-state index in [0.717, 1.165) is 28.2 Å². The fraction of sp³-hybridized carbons (Fsp3) is 0.360. The van der Waals surface area contributed by atoms with Gasteiger partial charge in [-0.3, -0.25) is 4.79 Å². The first-order valence-electron chi connectivity index (χ1n) is 10.7. The van der Waals surface area contributed by atoms with Gasteiger partial charge in [-0.15, -0.1) is 0 Å². The zero-order valence-electron chi connectivity index (χ0n) is 17.8. The van der Waals surface area contributed by atoms with Crippen molar-refractivity contribution >= 4 is 5.97 Å². The summed E-state index contributed by atoms with van der Waals surface area (Å²) in [5.74, 6) is -0.464. The van der Waals surface area contributed by atoms with Crippen molar-refractivity contribution in [1.29, 1.82) is 0 Å². The van der Waals surface area contributed by atoms with Crippen molar-refractivity contribution < 1.29 is 19.0 Å². The SMILES string of the molecule is CC(C)c1nn(-c2ccccc2)c(-c2ccc(F)cc2)c1CC[C@@H]1C[C@H](O)CC(=O)O1. The molecule has 0 radical (unpaired) electrons. The summed E-state index contributed by atoms with van der Waals surface area (Å²) >= 11 is 0. The van der Waals surface area contributed by atoms with Crippen molar-refractivity contribution in [3.8, 4) is 16.9 Å². The number of halogens is 1. The molecule has 1 aromatic heterocycles. The van der Waals surface area contributed by atoms with Crippen LogP contribution in [0.4, 0.5) is 4.39 Å². The highest BCUT2D eigenvalue weighted by Gasteiger charge is 2.29. The number of cyclic esters (lactones) is 1. The molecular formula is C25H27FN2O3. The zero-order chi connectivity index (χ0) is 22.0. The second-order valence-corrected chi connectivity index (χ2v) is 8.37. The van der Waals surface area contributed by atoms with Gasteiger partial charge in [-0.2, -0.15) is 5.10 Å². The lowest BCUT2D eigenvalue weighted by atomic mass is 9.93. The van der Waals surface area contributed by atoms with Crippen LogP contribution >= 0.6 is 0 Å². The fourth-order valence-corrected chi connectivity index (χ4v) is 4.18. The Labute approximate surface area is 181 Å². The van der Waals surface area contributed by atoms with Crippen LogP contribution in [0.2, 0.25) is 0 Å². The van der Waals surface area contributed by atoms with Crippen LogP contribution in [0, 0.1) is 5.82 Å². The third-order valence-corrected chi connectivity index (χ3v) is 5.63. The smallest absolute Gasteiger partial charge is 0.308 e. The molecular weight excluding hydrogens is 395 g/mol. The molecule has 5 nitrogen and oxygen atoms in total. The van der Waals surface area contributed by atoms with Gasteiger partial charge in [0.25, 0.3) is 0 Å². The van der Waals surface area contributed by atoms with Crippen molar-refractivity contribution in [2.75, 3.05) is 0 Å².